The van der Waals surface area contributed by atoms with E-state index in [1.165, 1.54) is 0 Å². The number of hydrogen-bond donors (Lipinski definition) is 1. The Hall–Kier alpha value is -2.80. The van der Waals surface area contributed by atoms with Crippen molar-refractivity contribution in [3.05, 3.63) is 47.9 Å². The van der Waals surface area contributed by atoms with Crippen LogP contribution in [0.3, 0.4) is 0 Å². The predicted octanol–water partition coefficient (Wildman–Crippen LogP) is 1.72. The van der Waals surface area contributed by atoms with Gasteiger partial charge < -0.3 is 10.0 Å². The molecule has 1 aliphatic heterocycles. The summed E-state index contributed by atoms with van der Waals surface area (Å²) in [5, 5.41) is 18.9. The van der Waals surface area contributed by atoms with Crippen molar-refractivity contribution < 1.29 is 9.90 Å². The minimum Gasteiger partial charge on any atom is -0.393 e. The summed E-state index contributed by atoms with van der Waals surface area (Å²) in [6, 6.07) is 9.71. The first-order chi connectivity index (χ1) is 12.1. The molecular weight excluding hydrogens is 318 g/mol. The number of fused-ring (bicyclic) bond motifs is 1. The summed E-state index contributed by atoms with van der Waals surface area (Å²) >= 11 is 0. The van der Waals surface area contributed by atoms with E-state index in [1.807, 2.05) is 37.3 Å². The van der Waals surface area contributed by atoms with E-state index in [4.69, 9.17) is 0 Å². The van der Waals surface area contributed by atoms with Gasteiger partial charge in [0.1, 0.15) is 0 Å². The third-order valence-electron chi connectivity index (χ3n) is 4.68. The minimum absolute atomic E-state index is 0.127. The molecule has 4 rings (SSSR count). The van der Waals surface area contributed by atoms with Gasteiger partial charge in [-0.1, -0.05) is 11.3 Å². The quantitative estimate of drug-likeness (QED) is 0.770. The zero-order valence-corrected chi connectivity index (χ0v) is 14.0. The first-order valence-electron chi connectivity index (χ1n) is 8.38. The lowest BCUT2D eigenvalue weighted by Gasteiger charge is -2.29. The van der Waals surface area contributed by atoms with E-state index in [0.717, 1.165) is 16.6 Å². The summed E-state index contributed by atoms with van der Waals surface area (Å²) in [6.45, 7) is 2.95. The van der Waals surface area contributed by atoms with Gasteiger partial charge >= 0.3 is 0 Å². The summed E-state index contributed by atoms with van der Waals surface area (Å²) in [4.78, 5) is 18.7. The van der Waals surface area contributed by atoms with Gasteiger partial charge in [0, 0.05) is 24.7 Å². The molecule has 2 aromatic heterocycles. The molecule has 7 nitrogen and oxygen atoms in total. The summed E-state index contributed by atoms with van der Waals surface area (Å²) in [5.74, 6) is -0.127. The highest BCUT2D eigenvalue weighted by Gasteiger charge is 2.26. The number of aliphatic hydroxyl groups excluding tert-OH is 1. The molecule has 0 saturated carbocycles. The van der Waals surface area contributed by atoms with Gasteiger partial charge in [-0.2, -0.15) is 0 Å². The zero-order chi connectivity index (χ0) is 17.4. The lowest BCUT2D eigenvalue weighted by atomic mass is 10.1. The molecule has 7 heteroatoms. The van der Waals surface area contributed by atoms with Crippen LogP contribution in [0.15, 0.2) is 36.5 Å². The van der Waals surface area contributed by atoms with E-state index >= 15 is 0 Å². The second-order valence-corrected chi connectivity index (χ2v) is 6.34. The number of nitrogens with zero attached hydrogens (tertiary/aromatic N) is 5. The van der Waals surface area contributed by atoms with Gasteiger partial charge in [-0.25, -0.2) is 4.68 Å². The largest absolute Gasteiger partial charge is 0.393 e. The molecule has 1 aliphatic rings. The van der Waals surface area contributed by atoms with Crippen LogP contribution in [-0.4, -0.2) is 55.1 Å². The molecule has 1 N–H and O–H groups in total. The fraction of sp³-hybridized carbons (Fsp3) is 0.333. The highest BCUT2D eigenvalue weighted by molar-refractivity contribution is 5.93. The van der Waals surface area contributed by atoms with Gasteiger partial charge in [-0.15, -0.1) is 5.10 Å². The van der Waals surface area contributed by atoms with Crippen LogP contribution in [0.25, 0.3) is 16.6 Å². The molecule has 0 aliphatic carbocycles. The fourth-order valence-corrected chi connectivity index (χ4v) is 3.19. The van der Waals surface area contributed by atoms with Crippen molar-refractivity contribution in [3.63, 3.8) is 0 Å². The van der Waals surface area contributed by atoms with Gasteiger partial charge in [0.05, 0.1) is 23.0 Å². The van der Waals surface area contributed by atoms with Crippen LogP contribution >= 0.6 is 0 Å². The third kappa shape index (κ3) is 2.87. The van der Waals surface area contributed by atoms with Gasteiger partial charge in [-0.3, -0.25) is 9.78 Å². The molecule has 25 heavy (non-hydrogen) atoms. The Morgan fingerprint density at radius 2 is 2.04 bits per heavy atom. The van der Waals surface area contributed by atoms with Gasteiger partial charge in [0.15, 0.2) is 5.69 Å². The van der Waals surface area contributed by atoms with Crippen LogP contribution in [0.5, 0.6) is 0 Å². The molecule has 1 amide bonds. The van der Waals surface area contributed by atoms with Crippen LogP contribution in [-0.2, 0) is 0 Å². The van der Waals surface area contributed by atoms with E-state index in [9.17, 15) is 9.90 Å². The number of amides is 1. The maximum absolute atomic E-state index is 12.7. The van der Waals surface area contributed by atoms with Crippen molar-refractivity contribution in [2.45, 2.75) is 25.9 Å². The molecule has 3 aromatic rings. The Kier molecular flexibility index (Phi) is 3.93. The maximum Gasteiger partial charge on any atom is 0.276 e. The molecule has 1 aromatic carbocycles. The molecule has 0 atom stereocenters. The predicted molar refractivity (Wildman–Crippen MR) is 92.5 cm³/mol. The normalized spacial score (nSPS) is 15.7. The molecular formula is C18H19N5O2. The van der Waals surface area contributed by atoms with Crippen molar-refractivity contribution in [3.8, 4) is 5.69 Å². The third-order valence-corrected chi connectivity index (χ3v) is 4.68. The number of pyridine rings is 1. The zero-order valence-electron chi connectivity index (χ0n) is 14.0. The maximum atomic E-state index is 12.7. The number of hydrogen-bond acceptors (Lipinski definition) is 5. The van der Waals surface area contributed by atoms with Gasteiger partial charge in [0.25, 0.3) is 5.91 Å². The highest BCUT2D eigenvalue weighted by atomic mass is 16.3. The second kappa shape index (κ2) is 6.25. The summed E-state index contributed by atoms with van der Waals surface area (Å²) in [5.41, 5.74) is 2.83. The van der Waals surface area contributed by atoms with Crippen LogP contribution < -0.4 is 0 Å². The minimum atomic E-state index is -0.313. The SMILES string of the molecule is Cc1c(C(=O)N2CCC(O)CC2)nnn1-c1ccc2ncccc2c1. The van der Waals surface area contributed by atoms with Crippen LogP contribution in [0, 0.1) is 6.92 Å². The highest BCUT2D eigenvalue weighted by Crippen LogP contribution is 2.20. The molecule has 0 spiro atoms. The Morgan fingerprint density at radius 1 is 1.24 bits per heavy atom. The van der Waals surface area contributed by atoms with Crippen LogP contribution in [0.2, 0.25) is 0 Å². The van der Waals surface area contributed by atoms with E-state index < -0.39 is 0 Å². The monoisotopic (exact) mass is 337 g/mol. The molecule has 0 radical (unpaired) electrons. The second-order valence-electron chi connectivity index (χ2n) is 6.34. The molecule has 0 unspecified atom stereocenters. The number of likely N-dealkylation sites (tertiary alicyclic amines) is 1. The number of benzene rings is 1. The fourth-order valence-electron chi connectivity index (χ4n) is 3.19. The van der Waals surface area contributed by atoms with E-state index in [1.54, 1.807) is 15.8 Å². The van der Waals surface area contributed by atoms with Crippen molar-refractivity contribution in [1.82, 2.24) is 24.9 Å². The average Bonchev–Trinajstić information content (AvgIpc) is 3.03. The number of carbonyl (C=O) groups excluding carboxylic acids is 1. The number of aromatic nitrogens is 4. The number of carbonyl (C=O) groups is 1. The summed E-state index contributed by atoms with van der Waals surface area (Å²) in [6.07, 6.45) is 2.66. The first kappa shape index (κ1) is 15.7. The Bertz CT molecular complexity index is 928. The van der Waals surface area contributed by atoms with Crippen molar-refractivity contribution in [1.29, 1.82) is 0 Å². The van der Waals surface area contributed by atoms with E-state index in [0.29, 0.717) is 37.3 Å². The smallest absolute Gasteiger partial charge is 0.276 e. The summed E-state index contributed by atoms with van der Waals surface area (Å²) < 4.78 is 1.68. The topological polar surface area (TPSA) is 84.1 Å². The van der Waals surface area contributed by atoms with Crippen molar-refractivity contribution in [2.24, 2.45) is 0 Å². The molecule has 1 fully saturated rings. The number of aliphatic hydroxyl groups is 1. The molecule has 0 bridgehead atoms. The lowest BCUT2D eigenvalue weighted by Crippen LogP contribution is -2.40. The van der Waals surface area contributed by atoms with Gasteiger partial charge in [-0.05, 0) is 44.0 Å². The number of piperidine rings is 1. The standard InChI is InChI=1S/C18H19N5O2/c1-12-17(18(25)22-9-6-15(24)7-10-22)20-21-23(12)14-4-5-16-13(11-14)3-2-8-19-16/h2-5,8,11,15,24H,6-7,9-10H2,1H3. The molecule has 3 heterocycles. The van der Waals surface area contributed by atoms with Crippen molar-refractivity contribution >= 4 is 16.8 Å². The number of rotatable bonds is 2. The van der Waals surface area contributed by atoms with Crippen LogP contribution in [0.1, 0.15) is 29.0 Å². The first-order valence-corrected chi connectivity index (χ1v) is 8.38. The lowest BCUT2D eigenvalue weighted by molar-refractivity contribution is 0.0541. The Balaban J connectivity index is 1.65. The average molecular weight is 337 g/mol. The molecule has 1 saturated heterocycles. The summed E-state index contributed by atoms with van der Waals surface area (Å²) in [7, 11) is 0. The van der Waals surface area contributed by atoms with Crippen LogP contribution in [0.4, 0.5) is 0 Å². The Labute approximate surface area is 144 Å². The van der Waals surface area contributed by atoms with E-state index in [-0.39, 0.29) is 12.0 Å². The van der Waals surface area contributed by atoms with E-state index in [2.05, 4.69) is 15.3 Å². The van der Waals surface area contributed by atoms with Crippen molar-refractivity contribution in [2.75, 3.05) is 13.1 Å². The Morgan fingerprint density at radius 3 is 2.84 bits per heavy atom. The molecule has 128 valence electrons. The van der Waals surface area contributed by atoms with Gasteiger partial charge in [0.2, 0.25) is 0 Å².